The molecule has 1 aromatic heterocycles. The third-order valence-corrected chi connectivity index (χ3v) is 5.03. The number of aromatic nitrogens is 2. The molecule has 1 saturated carbocycles. The number of aryl methyl sites for hydroxylation is 1. The summed E-state index contributed by atoms with van der Waals surface area (Å²) in [6.07, 6.45) is 4.20. The van der Waals surface area contributed by atoms with Crippen LogP contribution < -0.4 is 5.32 Å². The molecule has 0 aliphatic heterocycles. The monoisotopic (exact) mass is 367 g/mol. The molecule has 27 heavy (non-hydrogen) atoms. The predicted octanol–water partition coefficient (Wildman–Crippen LogP) is 3.71. The number of amides is 1. The molecular formula is C21H19F2N3O. The Morgan fingerprint density at radius 2 is 1.74 bits per heavy atom. The minimum atomic E-state index is -0.465. The average Bonchev–Trinajstić information content (AvgIpc) is 3.35. The Kier molecular flexibility index (Phi) is 4.48. The summed E-state index contributed by atoms with van der Waals surface area (Å²) in [5.74, 6) is -0.0797. The molecule has 0 saturated heterocycles. The first-order valence-corrected chi connectivity index (χ1v) is 8.81. The van der Waals surface area contributed by atoms with E-state index in [0.29, 0.717) is 5.82 Å². The van der Waals surface area contributed by atoms with Crippen LogP contribution in [0.5, 0.6) is 0 Å². The van der Waals surface area contributed by atoms with Crippen LogP contribution in [0.1, 0.15) is 35.3 Å². The SMILES string of the molecule is Cn1ccnc1[C@H](NC(=O)[C@@H]1C[C@@H]1c1ccc(F)cc1)c1ccc(F)cc1. The van der Waals surface area contributed by atoms with Crippen molar-refractivity contribution in [2.75, 3.05) is 0 Å². The smallest absolute Gasteiger partial charge is 0.224 e. The fourth-order valence-corrected chi connectivity index (χ4v) is 3.42. The Morgan fingerprint density at radius 1 is 1.11 bits per heavy atom. The first-order chi connectivity index (χ1) is 13.0. The van der Waals surface area contributed by atoms with Gasteiger partial charge in [0.2, 0.25) is 5.91 Å². The maximum Gasteiger partial charge on any atom is 0.224 e. The normalized spacial score (nSPS) is 19.5. The molecule has 0 unspecified atom stereocenters. The first-order valence-electron chi connectivity index (χ1n) is 8.81. The summed E-state index contributed by atoms with van der Waals surface area (Å²) < 4.78 is 28.2. The van der Waals surface area contributed by atoms with Crippen molar-refractivity contribution >= 4 is 5.91 Å². The van der Waals surface area contributed by atoms with E-state index in [1.807, 2.05) is 11.6 Å². The quantitative estimate of drug-likeness (QED) is 0.747. The lowest BCUT2D eigenvalue weighted by Gasteiger charge is -2.19. The molecule has 1 aliphatic rings. The second-order valence-electron chi connectivity index (χ2n) is 6.89. The van der Waals surface area contributed by atoms with Crippen molar-refractivity contribution in [1.82, 2.24) is 14.9 Å². The topological polar surface area (TPSA) is 46.9 Å². The van der Waals surface area contributed by atoms with E-state index in [-0.39, 0.29) is 29.4 Å². The molecule has 6 heteroatoms. The molecule has 0 spiro atoms. The van der Waals surface area contributed by atoms with Crippen molar-refractivity contribution in [3.05, 3.63) is 89.5 Å². The first kappa shape index (κ1) is 17.4. The largest absolute Gasteiger partial charge is 0.342 e. The Morgan fingerprint density at radius 3 is 2.33 bits per heavy atom. The van der Waals surface area contributed by atoms with E-state index in [1.165, 1.54) is 24.3 Å². The van der Waals surface area contributed by atoms with Crippen molar-refractivity contribution in [2.24, 2.45) is 13.0 Å². The number of rotatable bonds is 5. The zero-order valence-corrected chi connectivity index (χ0v) is 14.8. The van der Waals surface area contributed by atoms with Crippen LogP contribution >= 0.6 is 0 Å². The zero-order valence-electron chi connectivity index (χ0n) is 14.8. The third-order valence-electron chi connectivity index (χ3n) is 5.03. The number of imidazole rings is 1. The Labute approximate surface area is 155 Å². The molecule has 1 N–H and O–H groups in total. The van der Waals surface area contributed by atoms with E-state index in [4.69, 9.17) is 0 Å². The van der Waals surface area contributed by atoms with Gasteiger partial charge in [-0.3, -0.25) is 4.79 Å². The van der Waals surface area contributed by atoms with Gasteiger partial charge in [-0.1, -0.05) is 24.3 Å². The number of carbonyl (C=O) groups is 1. The summed E-state index contributed by atoms with van der Waals surface area (Å²) in [5.41, 5.74) is 1.73. The zero-order chi connectivity index (χ0) is 19.0. The number of hydrogen-bond acceptors (Lipinski definition) is 2. The summed E-state index contributed by atoms with van der Waals surface area (Å²) in [7, 11) is 1.85. The molecule has 0 radical (unpaired) electrons. The van der Waals surface area contributed by atoms with Gasteiger partial charge >= 0.3 is 0 Å². The summed E-state index contributed by atoms with van der Waals surface area (Å²) in [6.45, 7) is 0. The number of nitrogens with zero attached hydrogens (tertiary/aromatic N) is 2. The highest BCUT2D eigenvalue weighted by atomic mass is 19.1. The van der Waals surface area contributed by atoms with Crippen LogP contribution in [0.15, 0.2) is 60.9 Å². The molecule has 4 nitrogen and oxygen atoms in total. The highest BCUT2D eigenvalue weighted by Gasteiger charge is 2.44. The molecule has 1 aliphatic carbocycles. The molecule has 1 fully saturated rings. The maximum absolute atomic E-state index is 13.3. The van der Waals surface area contributed by atoms with Gasteiger partial charge in [0, 0.05) is 25.4 Å². The Hall–Kier alpha value is -3.02. The lowest BCUT2D eigenvalue weighted by Crippen LogP contribution is -2.32. The van der Waals surface area contributed by atoms with Gasteiger partial charge in [-0.05, 0) is 47.7 Å². The molecule has 2 aromatic carbocycles. The van der Waals surface area contributed by atoms with Crippen LogP contribution in [0.2, 0.25) is 0 Å². The van der Waals surface area contributed by atoms with Gasteiger partial charge in [0.05, 0.1) is 0 Å². The van der Waals surface area contributed by atoms with E-state index in [1.54, 1.807) is 36.7 Å². The van der Waals surface area contributed by atoms with Crippen molar-refractivity contribution in [3.63, 3.8) is 0 Å². The highest BCUT2D eigenvalue weighted by molar-refractivity contribution is 5.83. The van der Waals surface area contributed by atoms with E-state index in [2.05, 4.69) is 10.3 Å². The van der Waals surface area contributed by atoms with Crippen LogP contribution in [0, 0.1) is 17.6 Å². The van der Waals surface area contributed by atoms with E-state index in [0.717, 1.165) is 17.5 Å². The van der Waals surface area contributed by atoms with Gasteiger partial charge in [-0.15, -0.1) is 0 Å². The number of halogens is 2. The molecule has 4 rings (SSSR count). The summed E-state index contributed by atoms with van der Waals surface area (Å²) in [6, 6.07) is 11.9. The minimum absolute atomic E-state index is 0.0818. The Balaban J connectivity index is 1.53. The van der Waals surface area contributed by atoms with Crippen molar-refractivity contribution in [1.29, 1.82) is 0 Å². The summed E-state index contributed by atoms with van der Waals surface area (Å²) in [5, 5.41) is 3.05. The second kappa shape index (κ2) is 6.95. The summed E-state index contributed by atoms with van der Waals surface area (Å²) in [4.78, 5) is 17.2. The molecule has 1 amide bonds. The number of nitrogens with one attached hydrogen (secondary N) is 1. The average molecular weight is 367 g/mol. The van der Waals surface area contributed by atoms with Crippen LogP contribution in [0.25, 0.3) is 0 Å². The highest BCUT2D eigenvalue weighted by Crippen LogP contribution is 2.47. The standard InChI is InChI=1S/C21H19F2N3O/c1-26-11-10-24-20(26)19(14-4-8-16(23)9-5-14)25-21(27)18-12-17(18)13-2-6-15(22)7-3-13/h2-11,17-19H,12H2,1H3,(H,25,27)/t17-,18-,19-/m1/s1. The molecule has 3 atom stereocenters. The molecule has 138 valence electrons. The van der Waals surface area contributed by atoms with Gasteiger partial charge in [0.15, 0.2) is 0 Å². The predicted molar refractivity (Wildman–Crippen MR) is 96.8 cm³/mol. The number of carbonyl (C=O) groups excluding carboxylic acids is 1. The van der Waals surface area contributed by atoms with Crippen LogP contribution in [0.3, 0.4) is 0 Å². The summed E-state index contributed by atoms with van der Waals surface area (Å²) >= 11 is 0. The fourth-order valence-electron chi connectivity index (χ4n) is 3.42. The fraction of sp³-hybridized carbons (Fsp3) is 0.238. The minimum Gasteiger partial charge on any atom is -0.342 e. The van der Waals surface area contributed by atoms with Crippen molar-refractivity contribution in [2.45, 2.75) is 18.4 Å². The lowest BCUT2D eigenvalue weighted by atomic mass is 10.0. The van der Waals surface area contributed by atoms with Crippen LogP contribution in [-0.2, 0) is 11.8 Å². The van der Waals surface area contributed by atoms with E-state index < -0.39 is 6.04 Å². The Bertz CT molecular complexity index is 950. The van der Waals surface area contributed by atoms with E-state index in [9.17, 15) is 13.6 Å². The van der Waals surface area contributed by atoms with Gasteiger partial charge in [-0.25, -0.2) is 13.8 Å². The number of hydrogen-bond donors (Lipinski definition) is 1. The lowest BCUT2D eigenvalue weighted by molar-refractivity contribution is -0.123. The molecule has 1 heterocycles. The van der Waals surface area contributed by atoms with Crippen molar-refractivity contribution < 1.29 is 13.6 Å². The maximum atomic E-state index is 13.3. The molecular weight excluding hydrogens is 348 g/mol. The van der Waals surface area contributed by atoms with Gasteiger partial charge in [0.1, 0.15) is 23.5 Å². The molecule has 3 aromatic rings. The van der Waals surface area contributed by atoms with Crippen molar-refractivity contribution in [3.8, 4) is 0 Å². The van der Waals surface area contributed by atoms with Gasteiger partial charge in [-0.2, -0.15) is 0 Å². The van der Waals surface area contributed by atoms with E-state index >= 15 is 0 Å². The van der Waals surface area contributed by atoms with Gasteiger partial charge < -0.3 is 9.88 Å². The third kappa shape index (κ3) is 3.60. The second-order valence-corrected chi connectivity index (χ2v) is 6.89. The van der Waals surface area contributed by atoms with Crippen LogP contribution in [0.4, 0.5) is 8.78 Å². The number of benzene rings is 2. The van der Waals surface area contributed by atoms with Crippen LogP contribution in [-0.4, -0.2) is 15.5 Å². The van der Waals surface area contributed by atoms with Gasteiger partial charge in [0.25, 0.3) is 0 Å². The molecule has 0 bridgehead atoms.